The van der Waals surface area contributed by atoms with Gasteiger partial charge in [0.2, 0.25) is 0 Å². The molecule has 1 atom stereocenters. The van der Waals surface area contributed by atoms with Crippen molar-refractivity contribution in [3.63, 3.8) is 0 Å². The Morgan fingerprint density at radius 3 is 2.86 bits per heavy atom. The van der Waals surface area contributed by atoms with Gasteiger partial charge < -0.3 is 10.0 Å². The second-order valence-corrected chi connectivity index (χ2v) is 7.01. The molecule has 2 heterocycles. The summed E-state index contributed by atoms with van der Waals surface area (Å²) in [5.41, 5.74) is 2.09. The Kier molecular flexibility index (Phi) is 3.80. The molecule has 1 fully saturated rings. The Bertz CT molecular complexity index is 590. The fraction of sp³-hybridized carbons (Fsp3) is 0.467. The molecule has 6 heteroatoms. The summed E-state index contributed by atoms with van der Waals surface area (Å²) in [5.74, 6) is 0.0513. The van der Waals surface area contributed by atoms with Crippen LogP contribution in [0.1, 0.15) is 22.8 Å². The minimum absolute atomic E-state index is 0.0453. The van der Waals surface area contributed by atoms with Gasteiger partial charge >= 0.3 is 12.0 Å². The molecule has 1 aromatic rings. The minimum Gasteiger partial charge on any atom is -0.478 e. The van der Waals surface area contributed by atoms with Gasteiger partial charge in [-0.2, -0.15) is 11.8 Å². The molecule has 0 bridgehead atoms. The highest BCUT2D eigenvalue weighted by Gasteiger charge is 2.30. The molecule has 1 aromatic carbocycles. The number of carboxylic acid groups (broad SMARTS) is 1. The predicted octanol–water partition coefficient (Wildman–Crippen LogP) is 2.30. The van der Waals surface area contributed by atoms with Crippen LogP contribution >= 0.6 is 11.8 Å². The molecule has 0 aliphatic carbocycles. The number of benzene rings is 1. The Balaban J connectivity index is 1.80. The third kappa shape index (κ3) is 2.72. The molecule has 2 amide bonds. The number of carbonyl (C=O) groups excluding carboxylic acids is 1. The first-order valence-electron chi connectivity index (χ1n) is 7.10. The lowest BCUT2D eigenvalue weighted by atomic mass is 10.1. The largest absolute Gasteiger partial charge is 0.478 e. The van der Waals surface area contributed by atoms with E-state index in [1.807, 2.05) is 16.7 Å². The number of amides is 2. The number of nitrogens with zero attached hydrogens (tertiary/aromatic N) is 2. The third-order valence-corrected chi connectivity index (χ3v) is 5.10. The van der Waals surface area contributed by atoms with E-state index in [1.54, 1.807) is 23.1 Å². The van der Waals surface area contributed by atoms with Gasteiger partial charge in [0, 0.05) is 36.3 Å². The van der Waals surface area contributed by atoms with Crippen molar-refractivity contribution in [3.05, 3.63) is 29.3 Å². The molecule has 21 heavy (non-hydrogen) atoms. The van der Waals surface area contributed by atoms with Gasteiger partial charge in [0.25, 0.3) is 0 Å². The van der Waals surface area contributed by atoms with Crippen LogP contribution in [-0.4, -0.2) is 52.6 Å². The highest BCUT2D eigenvalue weighted by Crippen LogP contribution is 2.30. The van der Waals surface area contributed by atoms with Crippen LogP contribution in [0, 0.1) is 0 Å². The van der Waals surface area contributed by atoms with Gasteiger partial charge in [-0.1, -0.05) is 6.92 Å². The number of carboxylic acids is 1. The van der Waals surface area contributed by atoms with Gasteiger partial charge in [0.1, 0.15) is 0 Å². The average molecular weight is 306 g/mol. The molecular formula is C15H18N2O3S. The molecule has 3 rings (SSSR count). The molecule has 112 valence electrons. The normalized spacial score (nSPS) is 21.3. The van der Waals surface area contributed by atoms with E-state index in [4.69, 9.17) is 5.11 Å². The third-order valence-electron chi connectivity index (χ3n) is 3.96. The summed E-state index contributed by atoms with van der Waals surface area (Å²) in [6.07, 6.45) is 0.723. The molecule has 0 radical (unpaired) electrons. The highest BCUT2D eigenvalue weighted by molar-refractivity contribution is 7.99. The first kappa shape index (κ1) is 14.3. The van der Waals surface area contributed by atoms with Gasteiger partial charge in [-0.15, -0.1) is 0 Å². The maximum Gasteiger partial charge on any atom is 0.335 e. The van der Waals surface area contributed by atoms with Crippen molar-refractivity contribution in [2.24, 2.45) is 0 Å². The van der Waals surface area contributed by atoms with Crippen molar-refractivity contribution in [2.45, 2.75) is 18.6 Å². The number of fused-ring (bicyclic) bond motifs is 1. The smallest absolute Gasteiger partial charge is 0.335 e. The van der Waals surface area contributed by atoms with E-state index < -0.39 is 5.97 Å². The maximum absolute atomic E-state index is 12.7. The van der Waals surface area contributed by atoms with Crippen LogP contribution in [-0.2, 0) is 6.42 Å². The SMILES string of the molecule is CC1CN(C(=O)N2CCc3cc(C(=O)O)ccc32)CCS1. The van der Waals surface area contributed by atoms with Gasteiger partial charge in [0.15, 0.2) is 0 Å². The molecule has 1 N–H and O–H groups in total. The van der Waals surface area contributed by atoms with Crippen LogP contribution in [0.25, 0.3) is 0 Å². The zero-order valence-corrected chi connectivity index (χ0v) is 12.7. The molecule has 0 spiro atoms. The first-order chi connectivity index (χ1) is 10.1. The number of rotatable bonds is 1. The molecule has 2 aliphatic rings. The molecule has 2 aliphatic heterocycles. The topological polar surface area (TPSA) is 60.9 Å². The first-order valence-corrected chi connectivity index (χ1v) is 8.15. The Hall–Kier alpha value is -1.69. The van der Waals surface area contributed by atoms with Crippen molar-refractivity contribution in [1.82, 2.24) is 4.90 Å². The maximum atomic E-state index is 12.7. The lowest BCUT2D eigenvalue weighted by molar-refractivity contribution is 0.0697. The lowest BCUT2D eigenvalue weighted by Gasteiger charge is -2.33. The van der Waals surface area contributed by atoms with E-state index in [2.05, 4.69) is 6.92 Å². The zero-order valence-electron chi connectivity index (χ0n) is 11.9. The number of carbonyl (C=O) groups is 2. The van der Waals surface area contributed by atoms with Gasteiger partial charge in [-0.3, -0.25) is 4.90 Å². The van der Waals surface area contributed by atoms with Crippen LogP contribution < -0.4 is 4.90 Å². The summed E-state index contributed by atoms with van der Waals surface area (Å²) in [6, 6.07) is 5.05. The standard InChI is InChI=1S/C15H18N2O3S/c1-10-9-16(6-7-21-10)15(20)17-5-4-11-8-12(14(18)19)2-3-13(11)17/h2-3,8,10H,4-7,9H2,1H3,(H,18,19). The highest BCUT2D eigenvalue weighted by atomic mass is 32.2. The number of hydrogen-bond acceptors (Lipinski definition) is 3. The average Bonchev–Trinajstić information content (AvgIpc) is 2.89. The number of aromatic carboxylic acids is 1. The van der Waals surface area contributed by atoms with Crippen LogP contribution in [0.4, 0.5) is 10.5 Å². The quantitative estimate of drug-likeness (QED) is 0.865. The predicted molar refractivity (Wildman–Crippen MR) is 83.3 cm³/mol. The Morgan fingerprint density at radius 1 is 1.33 bits per heavy atom. The van der Waals surface area contributed by atoms with E-state index in [9.17, 15) is 9.59 Å². The Morgan fingerprint density at radius 2 is 2.14 bits per heavy atom. The fourth-order valence-electron chi connectivity index (χ4n) is 2.90. The van der Waals surface area contributed by atoms with E-state index in [0.717, 1.165) is 36.5 Å². The second kappa shape index (κ2) is 5.60. The molecule has 0 saturated carbocycles. The molecule has 5 nitrogen and oxygen atoms in total. The summed E-state index contributed by atoms with van der Waals surface area (Å²) >= 11 is 1.89. The number of anilines is 1. The summed E-state index contributed by atoms with van der Waals surface area (Å²) in [7, 11) is 0. The van der Waals surface area contributed by atoms with E-state index in [1.165, 1.54) is 0 Å². The summed E-state index contributed by atoms with van der Waals surface area (Å²) < 4.78 is 0. The van der Waals surface area contributed by atoms with Crippen molar-refractivity contribution in [1.29, 1.82) is 0 Å². The van der Waals surface area contributed by atoms with E-state index in [0.29, 0.717) is 11.8 Å². The van der Waals surface area contributed by atoms with E-state index in [-0.39, 0.29) is 11.6 Å². The van der Waals surface area contributed by atoms with Crippen LogP contribution in [0.2, 0.25) is 0 Å². The van der Waals surface area contributed by atoms with Crippen LogP contribution in [0.3, 0.4) is 0 Å². The second-order valence-electron chi connectivity index (χ2n) is 5.46. The number of hydrogen-bond donors (Lipinski definition) is 1. The van der Waals surface area contributed by atoms with Crippen molar-refractivity contribution >= 4 is 29.4 Å². The van der Waals surface area contributed by atoms with Crippen LogP contribution in [0.5, 0.6) is 0 Å². The van der Waals surface area contributed by atoms with Gasteiger partial charge in [-0.25, -0.2) is 9.59 Å². The minimum atomic E-state index is -0.926. The summed E-state index contributed by atoms with van der Waals surface area (Å²) in [5, 5.41) is 9.50. The Labute approximate surface area is 127 Å². The molecular weight excluding hydrogens is 288 g/mol. The number of thioether (sulfide) groups is 1. The molecule has 1 saturated heterocycles. The van der Waals surface area contributed by atoms with Crippen molar-refractivity contribution < 1.29 is 14.7 Å². The van der Waals surface area contributed by atoms with E-state index >= 15 is 0 Å². The van der Waals surface area contributed by atoms with Gasteiger partial charge in [-0.05, 0) is 30.2 Å². The van der Waals surface area contributed by atoms with Gasteiger partial charge in [0.05, 0.1) is 5.56 Å². The fourth-order valence-corrected chi connectivity index (χ4v) is 3.91. The van der Waals surface area contributed by atoms with Crippen molar-refractivity contribution in [3.8, 4) is 0 Å². The van der Waals surface area contributed by atoms with Crippen molar-refractivity contribution in [2.75, 3.05) is 30.3 Å². The number of urea groups is 1. The molecule has 1 unspecified atom stereocenters. The summed E-state index contributed by atoms with van der Waals surface area (Å²) in [6.45, 7) is 4.34. The zero-order chi connectivity index (χ0) is 15.0. The monoisotopic (exact) mass is 306 g/mol. The van der Waals surface area contributed by atoms with Crippen LogP contribution in [0.15, 0.2) is 18.2 Å². The molecule has 0 aromatic heterocycles. The lowest BCUT2D eigenvalue weighted by Crippen LogP contribution is -2.48. The summed E-state index contributed by atoms with van der Waals surface area (Å²) in [4.78, 5) is 27.3.